The number of para-hydroxylation sites is 1. The van der Waals surface area contributed by atoms with E-state index in [9.17, 15) is 9.18 Å². The monoisotopic (exact) mass is 366 g/mol. The van der Waals surface area contributed by atoms with Gasteiger partial charge in [-0.1, -0.05) is 48.7 Å². The molecule has 0 spiro atoms. The minimum absolute atomic E-state index is 0.0855. The largest absolute Gasteiger partial charge is 0.354 e. The molecule has 1 fully saturated rings. The standard InChI is InChI=1S/C21H23FN4O/c22-17-10-8-16(9-11-17)21(12-4-1-5-13-21)15-23-20(27)14-26-19-7-3-2-6-18(19)24-25-26/h2-3,6-11H,1,4-5,12-15H2,(H,23,27). The molecule has 0 atom stereocenters. The van der Waals surface area contributed by atoms with Crippen LogP contribution in [0.4, 0.5) is 4.39 Å². The molecule has 0 aliphatic heterocycles. The van der Waals surface area contributed by atoms with Crippen molar-refractivity contribution in [2.75, 3.05) is 6.54 Å². The fourth-order valence-corrected chi connectivity index (χ4v) is 4.09. The van der Waals surface area contributed by atoms with Gasteiger partial charge in [-0.15, -0.1) is 5.10 Å². The minimum Gasteiger partial charge on any atom is -0.354 e. The van der Waals surface area contributed by atoms with E-state index < -0.39 is 0 Å². The van der Waals surface area contributed by atoms with Gasteiger partial charge in [-0.25, -0.2) is 9.07 Å². The number of carbonyl (C=O) groups excluding carboxylic acids is 1. The number of amides is 1. The van der Waals surface area contributed by atoms with Crippen molar-refractivity contribution >= 4 is 16.9 Å². The molecule has 0 saturated heterocycles. The molecule has 1 aromatic heterocycles. The Morgan fingerprint density at radius 1 is 1.07 bits per heavy atom. The number of nitrogens with one attached hydrogen (secondary N) is 1. The van der Waals surface area contributed by atoms with Gasteiger partial charge in [0, 0.05) is 12.0 Å². The molecule has 1 amide bonds. The van der Waals surface area contributed by atoms with Gasteiger partial charge in [0.25, 0.3) is 0 Å². The third-order valence-electron chi connectivity index (χ3n) is 5.60. The van der Waals surface area contributed by atoms with E-state index in [0.29, 0.717) is 6.54 Å². The molecule has 27 heavy (non-hydrogen) atoms. The summed E-state index contributed by atoms with van der Waals surface area (Å²) in [5, 5.41) is 11.3. The first kappa shape index (κ1) is 17.6. The van der Waals surface area contributed by atoms with Crippen molar-refractivity contribution in [3.05, 3.63) is 59.9 Å². The van der Waals surface area contributed by atoms with Crippen LogP contribution in [-0.4, -0.2) is 27.4 Å². The van der Waals surface area contributed by atoms with E-state index in [1.165, 1.54) is 18.6 Å². The van der Waals surface area contributed by atoms with E-state index >= 15 is 0 Å². The Bertz CT molecular complexity index is 929. The van der Waals surface area contributed by atoms with Gasteiger partial charge >= 0.3 is 0 Å². The van der Waals surface area contributed by atoms with Gasteiger partial charge in [0.05, 0.1) is 5.52 Å². The molecule has 3 aromatic rings. The summed E-state index contributed by atoms with van der Waals surface area (Å²) in [6.45, 7) is 0.699. The van der Waals surface area contributed by atoms with Gasteiger partial charge in [0.1, 0.15) is 17.9 Å². The first-order valence-electron chi connectivity index (χ1n) is 9.47. The van der Waals surface area contributed by atoms with Crippen molar-refractivity contribution in [2.24, 2.45) is 0 Å². The van der Waals surface area contributed by atoms with Crippen molar-refractivity contribution < 1.29 is 9.18 Å². The van der Waals surface area contributed by atoms with Gasteiger partial charge in [-0.05, 0) is 42.7 Å². The minimum atomic E-state index is -0.230. The van der Waals surface area contributed by atoms with Crippen LogP contribution in [0.1, 0.15) is 37.7 Å². The highest BCUT2D eigenvalue weighted by Gasteiger charge is 2.34. The average molecular weight is 366 g/mol. The van der Waals surface area contributed by atoms with Crippen molar-refractivity contribution in [3.63, 3.8) is 0 Å². The molecule has 1 aliphatic rings. The zero-order chi connectivity index (χ0) is 18.7. The Hall–Kier alpha value is -2.76. The lowest BCUT2D eigenvalue weighted by Crippen LogP contribution is -2.43. The summed E-state index contributed by atoms with van der Waals surface area (Å²) < 4.78 is 15.0. The summed E-state index contributed by atoms with van der Waals surface area (Å²) in [7, 11) is 0. The second-order valence-corrected chi connectivity index (χ2v) is 7.36. The van der Waals surface area contributed by atoms with Gasteiger partial charge in [0.15, 0.2) is 0 Å². The number of benzene rings is 2. The lowest BCUT2D eigenvalue weighted by Gasteiger charge is -2.38. The number of rotatable bonds is 5. The highest BCUT2D eigenvalue weighted by atomic mass is 19.1. The average Bonchev–Trinajstić information content (AvgIpc) is 3.11. The first-order chi connectivity index (χ1) is 13.2. The highest BCUT2D eigenvalue weighted by Crippen LogP contribution is 2.39. The molecule has 0 bridgehead atoms. The predicted octanol–water partition coefficient (Wildman–Crippen LogP) is 3.59. The number of aromatic nitrogens is 3. The van der Waals surface area contributed by atoms with E-state index in [2.05, 4.69) is 15.6 Å². The molecule has 0 unspecified atom stereocenters. The maximum atomic E-state index is 13.3. The lowest BCUT2D eigenvalue weighted by molar-refractivity contribution is -0.122. The zero-order valence-electron chi connectivity index (χ0n) is 15.2. The van der Waals surface area contributed by atoms with Gasteiger partial charge in [-0.2, -0.15) is 0 Å². The van der Waals surface area contributed by atoms with E-state index in [4.69, 9.17) is 0 Å². The molecule has 1 heterocycles. The lowest BCUT2D eigenvalue weighted by atomic mass is 9.69. The van der Waals surface area contributed by atoms with Crippen LogP contribution in [0.5, 0.6) is 0 Å². The maximum Gasteiger partial charge on any atom is 0.241 e. The zero-order valence-corrected chi connectivity index (χ0v) is 15.2. The smallest absolute Gasteiger partial charge is 0.241 e. The Morgan fingerprint density at radius 3 is 2.59 bits per heavy atom. The molecule has 4 rings (SSSR count). The van der Waals surface area contributed by atoms with Crippen LogP contribution in [0, 0.1) is 5.82 Å². The Balaban J connectivity index is 1.47. The third-order valence-corrected chi connectivity index (χ3v) is 5.60. The van der Waals surface area contributed by atoms with Gasteiger partial charge in [-0.3, -0.25) is 4.79 Å². The van der Waals surface area contributed by atoms with Crippen LogP contribution < -0.4 is 5.32 Å². The summed E-state index contributed by atoms with van der Waals surface area (Å²) >= 11 is 0. The van der Waals surface area contributed by atoms with Crippen LogP contribution in [0.25, 0.3) is 11.0 Å². The van der Waals surface area contributed by atoms with E-state index in [1.54, 1.807) is 4.68 Å². The predicted molar refractivity (Wildman–Crippen MR) is 102 cm³/mol. The van der Waals surface area contributed by atoms with Gasteiger partial charge in [0.2, 0.25) is 5.91 Å². The number of fused-ring (bicyclic) bond motifs is 1. The molecule has 2 aromatic carbocycles. The van der Waals surface area contributed by atoms with Crippen LogP contribution in [0.15, 0.2) is 48.5 Å². The second-order valence-electron chi connectivity index (χ2n) is 7.36. The van der Waals surface area contributed by atoms with Crippen molar-refractivity contribution in [1.82, 2.24) is 20.3 Å². The Morgan fingerprint density at radius 2 is 1.81 bits per heavy atom. The molecule has 0 radical (unpaired) electrons. The molecule has 1 N–H and O–H groups in total. The van der Waals surface area contributed by atoms with Crippen LogP contribution >= 0.6 is 0 Å². The van der Waals surface area contributed by atoms with E-state index in [0.717, 1.165) is 42.3 Å². The summed E-state index contributed by atoms with van der Waals surface area (Å²) in [6, 6.07) is 14.3. The second kappa shape index (κ2) is 7.47. The summed E-state index contributed by atoms with van der Waals surface area (Å²) in [5.41, 5.74) is 2.61. The number of halogens is 1. The van der Waals surface area contributed by atoms with Crippen LogP contribution in [0.2, 0.25) is 0 Å². The van der Waals surface area contributed by atoms with Crippen LogP contribution in [0.3, 0.4) is 0 Å². The third kappa shape index (κ3) is 3.70. The number of hydrogen-bond acceptors (Lipinski definition) is 3. The van der Waals surface area contributed by atoms with Crippen molar-refractivity contribution in [3.8, 4) is 0 Å². The van der Waals surface area contributed by atoms with E-state index in [1.807, 2.05) is 36.4 Å². The first-order valence-corrected chi connectivity index (χ1v) is 9.47. The highest BCUT2D eigenvalue weighted by molar-refractivity contribution is 5.79. The maximum absolute atomic E-state index is 13.3. The molecular weight excluding hydrogens is 343 g/mol. The Kier molecular flexibility index (Phi) is 4.88. The normalized spacial score (nSPS) is 16.3. The summed E-state index contributed by atoms with van der Waals surface area (Å²) in [4.78, 5) is 12.6. The summed E-state index contributed by atoms with van der Waals surface area (Å²) in [5.74, 6) is -0.315. The molecule has 1 aliphatic carbocycles. The molecular formula is C21H23FN4O. The molecule has 140 valence electrons. The number of carbonyl (C=O) groups is 1. The quantitative estimate of drug-likeness (QED) is 0.751. The number of nitrogens with zero attached hydrogens (tertiary/aromatic N) is 3. The van der Waals surface area contributed by atoms with Crippen molar-refractivity contribution in [1.29, 1.82) is 0 Å². The SMILES string of the molecule is O=C(Cn1nnc2ccccc21)NCC1(c2ccc(F)cc2)CCCCC1. The van der Waals surface area contributed by atoms with Crippen molar-refractivity contribution in [2.45, 2.75) is 44.1 Å². The summed E-state index contributed by atoms with van der Waals surface area (Å²) in [6.07, 6.45) is 5.47. The molecule has 1 saturated carbocycles. The molecule has 5 nitrogen and oxygen atoms in total. The molecule has 6 heteroatoms. The van der Waals surface area contributed by atoms with Crippen LogP contribution in [-0.2, 0) is 16.8 Å². The fourth-order valence-electron chi connectivity index (χ4n) is 4.09. The topological polar surface area (TPSA) is 59.8 Å². The Labute approximate surface area is 157 Å². The number of hydrogen-bond donors (Lipinski definition) is 1. The fraction of sp³-hybridized carbons (Fsp3) is 0.381. The van der Waals surface area contributed by atoms with E-state index in [-0.39, 0.29) is 23.7 Å². The van der Waals surface area contributed by atoms with Gasteiger partial charge < -0.3 is 5.32 Å².